The summed E-state index contributed by atoms with van der Waals surface area (Å²) < 4.78 is 0. The van der Waals surface area contributed by atoms with Crippen molar-refractivity contribution in [2.24, 2.45) is 5.73 Å². The Balaban J connectivity index is 0.000000791. The number of nitrogens with two attached hydrogens (primary N) is 1. The van der Waals surface area contributed by atoms with Crippen molar-refractivity contribution in [3.05, 3.63) is 29.8 Å². The Morgan fingerprint density at radius 3 is 1.71 bits per heavy atom. The van der Waals surface area contributed by atoms with Crippen LogP contribution >= 0.6 is 0 Å². The molecule has 0 radical (unpaired) electrons. The first kappa shape index (κ1) is 13.4. The Morgan fingerprint density at radius 2 is 1.43 bits per heavy atom. The third kappa shape index (κ3) is 4.07. The first-order chi connectivity index (χ1) is 6.54. The minimum atomic E-state index is -1.11. The molecule has 1 rings (SSSR count). The normalized spacial score (nSPS) is 10.4. The second kappa shape index (κ2) is 5.99. The van der Waals surface area contributed by atoms with Gasteiger partial charge in [-0.3, -0.25) is 0 Å². The minimum Gasteiger partial charge on any atom is -0.326 e. The molecule has 0 saturated carbocycles. The molecular weight excluding hydrogens is 186 g/mol. The molecule has 0 aromatic heterocycles. The molecule has 0 saturated heterocycles. The highest BCUT2D eigenvalue weighted by Gasteiger charge is 2.15. The van der Waals surface area contributed by atoms with Gasteiger partial charge in [0.1, 0.15) is 0 Å². The lowest BCUT2D eigenvalue weighted by Crippen LogP contribution is -2.37. The summed E-state index contributed by atoms with van der Waals surface area (Å²) in [4.78, 5) is 0. The molecule has 0 aliphatic rings. The zero-order chi connectivity index (χ0) is 11.2. The van der Waals surface area contributed by atoms with Gasteiger partial charge in [0.2, 0.25) is 0 Å². The zero-order valence-corrected chi connectivity index (χ0v) is 11.1. The molecule has 0 fully saturated rings. The second-order valence-electron chi connectivity index (χ2n) is 4.15. The lowest BCUT2D eigenvalue weighted by atomic mass is 10.2. The third-order valence-electron chi connectivity index (χ3n) is 2.06. The van der Waals surface area contributed by atoms with Crippen molar-refractivity contribution in [2.45, 2.75) is 40.0 Å². The first-order valence-corrected chi connectivity index (χ1v) is 8.83. The second-order valence-corrected chi connectivity index (χ2v) is 9.23. The molecule has 0 aliphatic heterocycles. The summed E-state index contributed by atoms with van der Waals surface area (Å²) >= 11 is 0. The predicted octanol–water partition coefficient (Wildman–Crippen LogP) is 2.72. The Bertz CT molecular complexity index is 246. The van der Waals surface area contributed by atoms with Crippen LogP contribution in [0.3, 0.4) is 0 Å². The Labute approximate surface area is 89.3 Å². The average Bonchev–Trinajstić information content (AvgIpc) is 2.20. The zero-order valence-electron chi connectivity index (χ0n) is 10.1. The Kier molecular flexibility index (Phi) is 5.73. The monoisotopic (exact) mass is 209 g/mol. The van der Waals surface area contributed by atoms with Crippen LogP contribution < -0.4 is 10.9 Å². The van der Waals surface area contributed by atoms with Gasteiger partial charge in [-0.05, 0) is 5.56 Å². The summed E-state index contributed by atoms with van der Waals surface area (Å²) in [7, 11) is -1.11. The van der Waals surface area contributed by atoms with Crippen molar-refractivity contribution < 1.29 is 0 Å². The fourth-order valence-electron chi connectivity index (χ4n) is 1.14. The van der Waals surface area contributed by atoms with Gasteiger partial charge in [0.15, 0.2) is 0 Å². The van der Waals surface area contributed by atoms with Crippen molar-refractivity contribution in [2.75, 3.05) is 0 Å². The number of hydrogen-bond donors (Lipinski definition) is 1. The van der Waals surface area contributed by atoms with Gasteiger partial charge in [-0.25, -0.2) is 0 Å². The summed E-state index contributed by atoms with van der Waals surface area (Å²) in [6.07, 6.45) is 0. The van der Waals surface area contributed by atoms with Gasteiger partial charge in [0, 0.05) is 6.54 Å². The third-order valence-corrected chi connectivity index (χ3v) is 4.12. The molecular formula is C12H23NSi. The Hall–Kier alpha value is -0.603. The molecule has 0 amide bonds. The van der Waals surface area contributed by atoms with E-state index in [9.17, 15) is 0 Å². The summed E-state index contributed by atoms with van der Waals surface area (Å²) in [5.41, 5.74) is 6.74. The molecule has 0 atom stereocenters. The molecule has 1 aromatic rings. The smallest absolute Gasteiger partial charge is 0.0775 e. The highest BCUT2D eigenvalue weighted by molar-refractivity contribution is 6.88. The summed E-state index contributed by atoms with van der Waals surface area (Å²) in [5, 5.41) is 1.50. The van der Waals surface area contributed by atoms with Crippen LogP contribution in [0.4, 0.5) is 0 Å². The quantitative estimate of drug-likeness (QED) is 0.745. The van der Waals surface area contributed by atoms with Gasteiger partial charge in [0.25, 0.3) is 0 Å². The minimum absolute atomic E-state index is 0.645. The van der Waals surface area contributed by atoms with E-state index in [-0.39, 0.29) is 0 Å². The SMILES string of the molecule is CC.C[Si](C)(C)c1ccc(CN)cc1. The van der Waals surface area contributed by atoms with Crippen LogP contribution in [0.25, 0.3) is 0 Å². The molecule has 2 heteroatoms. The first-order valence-electron chi connectivity index (χ1n) is 5.33. The van der Waals surface area contributed by atoms with E-state index in [1.54, 1.807) is 0 Å². The van der Waals surface area contributed by atoms with Crippen molar-refractivity contribution in [1.29, 1.82) is 0 Å². The van der Waals surface area contributed by atoms with Crippen LogP contribution in [0.15, 0.2) is 24.3 Å². The van der Waals surface area contributed by atoms with E-state index in [1.807, 2.05) is 13.8 Å². The van der Waals surface area contributed by atoms with Gasteiger partial charge in [0.05, 0.1) is 8.07 Å². The maximum absolute atomic E-state index is 5.52. The molecule has 14 heavy (non-hydrogen) atoms. The fraction of sp³-hybridized carbons (Fsp3) is 0.500. The van der Waals surface area contributed by atoms with E-state index >= 15 is 0 Å². The average molecular weight is 209 g/mol. The maximum atomic E-state index is 5.52. The molecule has 0 bridgehead atoms. The van der Waals surface area contributed by atoms with Crippen LogP contribution in [0.1, 0.15) is 19.4 Å². The molecule has 1 nitrogen and oxygen atoms in total. The van der Waals surface area contributed by atoms with Crippen LogP contribution in [-0.4, -0.2) is 8.07 Å². The molecule has 0 unspecified atom stereocenters. The lowest BCUT2D eigenvalue weighted by Gasteiger charge is -2.16. The standard InChI is InChI=1S/C10H17NSi.C2H6/c1-12(2,3)10-6-4-9(8-11)5-7-10;1-2/h4-7H,8,11H2,1-3H3;1-2H3. The molecule has 0 heterocycles. The van der Waals surface area contributed by atoms with Gasteiger partial charge in [-0.15, -0.1) is 0 Å². The molecule has 1 aromatic carbocycles. The molecule has 80 valence electrons. The van der Waals surface area contributed by atoms with E-state index in [2.05, 4.69) is 43.9 Å². The molecule has 0 aliphatic carbocycles. The van der Waals surface area contributed by atoms with Crippen molar-refractivity contribution in [3.63, 3.8) is 0 Å². The van der Waals surface area contributed by atoms with Crippen LogP contribution in [0.5, 0.6) is 0 Å². The van der Waals surface area contributed by atoms with Gasteiger partial charge in [-0.1, -0.05) is 62.9 Å². The van der Waals surface area contributed by atoms with E-state index in [0.717, 1.165) is 0 Å². The summed E-state index contributed by atoms with van der Waals surface area (Å²) in [6, 6.07) is 8.70. The number of hydrogen-bond acceptors (Lipinski definition) is 1. The van der Waals surface area contributed by atoms with Gasteiger partial charge < -0.3 is 5.73 Å². The molecule has 0 spiro atoms. The van der Waals surface area contributed by atoms with Crippen LogP contribution in [0, 0.1) is 0 Å². The van der Waals surface area contributed by atoms with Gasteiger partial charge in [-0.2, -0.15) is 0 Å². The lowest BCUT2D eigenvalue weighted by molar-refractivity contribution is 1.07. The fourth-order valence-corrected chi connectivity index (χ4v) is 2.31. The molecule has 2 N–H and O–H groups in total. The Morgan fingerprint density at radius 1 is 1.00 bits per heavy atom. The van der Waals surface area contributed by atoms with Gasteiger partial charge >= 0.3 is 0 Å². The highest BCUT2D eigenvalue weighted by Crippen LogP contribution is 2.03. The van der Waals surface area contributed by atoms with E-state index in [1.165, 1.54) is 10.8 Å². The van der Waals surface area contributed by atoms with E-state index < -0.39 is 8.07 Å². The van der Waals surface area contributed by atoms with Crippen LogP contribution in [0.2, 0.25) is 19.6 Å². The largest absolute Gasteiger partial charge is 0.326 e. The van der Waals surface area contributed by atoms with E-state index in [0.29, 0.717) is 6.54 Å². The van der Waals surface area contributed by atoms with Crippen molar-refractivity contribution >= 4 is 13.3 Å². The number of benzene rings is 1. The van der Waals surface area contributed by atoms with Crippen molar-refractivity contribution in [3.8, 4) is 0 Å². The topological polar surface area (TPSA) is 26.0 Å². The van der Waals surface area contributed by atoms with Crippen molar-refractivity contribution in [1.82, 2.24) is 0 Å². The highest BCUT2D eigenvalue weighted by atomic mass is 28.3. The number of rotatable bonds is 2. The summed E-state index contributed by atoms with van der Waals surface area (Å²) in [6.45, 7) is 11.7. The van der Waals surface area contributed by atoms with Crippen LogP contribution in [-0.2, 0) is 6.54 Å². The predicted molar refractivity (Wildman–Crippen MR) is 68.7 cm³/mol. The summed E-state index contributed by atoms with van der Waals surface area (Å²) in [5.74, 6) is 0. The van der Waals surface area contributed by atoms with E-state index in [4.69, 9.17) is 5.73 Å². The maximum Gasteiger partial charge on any atom is 0.0775 e.